The van der Waals surface area contributed by atoms with Crippen molar-refractivity contribution in [2.24, 2.45) is 23.2 Å². The van der Waals surface area contributed by atoms with Gasteiger partial charge in [0, 0.05) is 0 Å². The molecule has 4 rings (SSSR count). The largest absolute Gasteiger partial charge is 0.491 e. The van der Waals surface area contributed by atoms with Crippen molar-refractivity contribution in [2.45, 2.75) is 51.1 Å². The summed E-state index contributed by atoms with van der Waals surface area (Å²) in [6.45, 7) is 0. The number of ether oxygens (including phenoxy) is 1. The zero-order valence-corrected chi connectivity index (χ0v) is 11.0. The number of alkyl halides is 3. The van der Waals surface area contributed by atoms with Crippen LogP contribution >= 0.6 is 0 Å². The molecule has 4 aliphatic carbocycles. The van der Waals surface area contributed by atoms with Crippen molar-refractivity contribution in [3.8, 4) is 0 Å². The number of halogens is 3. The molecule has 4 aliphatic rings. The lowest BCUT2D eigenvalue weighted by Crippen LogP contribution is -2.47. The van der Waals surface area contributed by atoms with Gasteiger partial charge in [-0.1, -0.05) is 0 Å². The molecule has 0 aromatic rings. The molecule has 0 aliphatic heterocycles. The average molecular weight is 290 g/mol. The quantitative estimate of drug-likeness (QED) is 0.579. The molecule has 0 atom stereocenters. The Morgan fingerprint density at radius 3 is 1.85 bits per heavy atom. The molecule has 112 valence electrons. The van der Waals surface area contributed by atoms with Crippen molar-refractivity contribution >= 4 is 11.9 Å². The van der Waals surface area contributed by atoms with Crippen molar-refractivity contribution in [2.75, 3.05) is 0 Å². The summed E-state index contributed by atoms with van der Waals surface area (Å²) in [4.78, 5) is 22.3. The zero-order chi connectivity index (χ0) is 14.5. The van der Waals surface area contributed by atoms with E-state index in [0.717, 1.165) is 19.3 Å². The Balaban J connectivity index is 1.63. The van der Waals surface area contributed by atoms with Crippen molar-refractivity contribution in [3.05, 3.63) is 0 Å². The first kappa shape index (κ1) is 13.9. The molecular formula is C14H17F3O3. The zero-order valence-electron chi connectivity index (χ0n) is 11.0. The fraction of sp³-hybridized carbons (Fsp3) is 0.857. The third-order valence-electron chi connectivity index (χ3n) is 5.12. The lowest BCUT2D eigenvalue weighted by Gasteiger charge is -2.56. The third-order valence-corrected chi connectivity index (χ3v) is 5.12. The fourth-order valence-corrected chi connectivity index (χ4v) is 5.01. The molecule has 0 N–H and O–H groups in total. The summed E-state index contributed by atoms with van der Waals surface area (Å²) in [5, 5.41) is 0. The van der Waals surface area contributed by atoms with E-state index in [0.29, 0.717) is 17.8 Å². The smallest absolute Gasteiger partial charge is 0.386 e. The van der Waals surface area contributed by atoms with E-state index in [4.69, 9.17) is 0 Å². The van der Waals surface area contributed by atoms with E-state index in [2.05, 4.69) is 4.74 Å². The van der Waals surface area contributed by atoms with E-state index >= 15 is 0 Å². The number of hydrogen-bond acceptors (Lipinski definition) is 3. The van der Waals surface area contributed by atoms with Crippen LogP contribution in [-0.2, 0) is 14.3 Å². The van der Waals surface area contributed by atoms with Gasteiger partial charge in [0.25, 0.3) is 0 Å². The van der Waals surface area contributed by atoms with Gasteiger partial charge in [0.2, 0.25) is 0 Å². The standard InChI is InChI=1S/C14H17F3O3/c15-14(16,17)12(19)20-11(18)7-13-4-8-1-9(5-13)3-10(2-8)6-13/h8-10H,1-7H2. The number of esters is 2. The Bertz CT molecular complexity index is 406. The Hall–Kier alpha value is -1.07. The highest BCUT2D eigenvalue weighted by molar-refractivity contribution is 5.88. The van der Waals surface area contributed by atoms with Gasteiger partial charge >= 0.3 is 18.1 Å². The van der Waals surface area contributed by atoms with Crippen LogP contribution in [0.2, 0.25) is 0 Å². The summed E-state index contributed by atoms with van der Waals surface area (Å²) in [7, 11) is 0. The lowest BCUT2D eigenvalue weighted by atomic mass is 9.49. The van der Waals surface area contributed by atoms with E-state index in [1.54, 1.807) is 0 Å². The summed E-state index contributed by atoms with van der Waals surface area (Å²) < 4.78 is 40.2. The van der Waals surface area contributed by atoms with Crippen LogP contribution in [0.1, 0.15) is 44.9 Å². The van der Waals surface area contributed by atoms with Gasteiger partial charge in [0.05, 0.1) is 6.42 Å². The van der Waals surface area contributed by atoms with Crippen LogP contribution in [0.25, 0.3) is 0 Å². The molecule has 6 heteroatoms. The second-order valence-electron chi connectivity index (χ2n) is 6.85. The van der Waals surface area contributed by atoms with E-state index in [1.165, 1.54) is 19.3 Å². The molecule has 3 nitrogen and oxygen atoms in total. The summed E-state index contributed by atoms with van der Waals surface area (Å²) >= 11 is 0. The van der Waals surface area contributed by atoms with Crippen LogP contribution in [0.15, 0.2) is 0 Å². The van der Waals surface area contributed by atoms with Crippen LogP contribution in [0, 0.1) is 23.2 Å². The highest BCUT2D eigenvalue weighted by Crippen LogP contribution is 2.61. The first-order valence-corrected chi connectivity index (χ1v) is 7.08. The highest BCUT2D eigenvalue weighted by Gasteiger charge is 2.52. The predicted molar refractivity (Wildman–Crippen MR) is 62.4 cm³/mol. The maximum atomic E-state index is 12.1. The monoisotopic (exact) mass is 290 g/mol. The minimum atomic E-state index is -5.10. The normalized spacial score (nSPS) is 38.9. The van der Waals surface area contributed by atoms with E-state index in [-0.39, 0.29) is 11.8 Å². The van der Waals surface area contributed by atoms with Gasteiger partial charge in [-0.05, 0) is 61.7 Å². The molecule has 0 aromatic carbocycles. The number of rotatable bonds is 2. The van der Waals surface area contributed by atoms with Crippen LogP contribution in [0.3, 0.4) is 0 Å². The van der Waals surface area contributed by atoms with Crippen molar-refractivity contribution in [1.29, 1.82) is 0 Å². The Kier molecular flexibility index (Phi) is 3.10. The third kappa shape index (κ3) is 2.56. The molecule has 0 unspecified atom stereocenters. The van der Waals surface area contributed by atoms with E-state index < -0.39 is 18.1 Å². The van der Waals surface area contributed by atoms with Gasteiger partial charge in [0.1, 0.15) is 0 Å². The van der Waals surface area contributed by atoms with Crippen LogP contribution < -0.4 is 0 Å². The van der Waals surface area contributed by atoms with Gasteiger partial charge in [-0.2, -0.15) is 13.2 Å². The minimum absolute atomic E-state index is 0.0433. The van der Waals surface area contributed by atoms with Crippen LogP contribution in [-0.4, -0.2) is 18.1 Å². The van der Waals surface area contributed by atoms with Crippen molar-refractivity contribution in [3.63, 3.8) is 0 Å². The first-order valence-electron chi connectivity index (χ1n) is 7.08. The molecule has 0 aromatic heterocycles. The van der Waals surface area contributed by atoms with Crippen LogP contribution in [0.5, 0.6) is 0 Å². The molecule has 4 bridgehead atoms. The van der Waals surface area contributed by atoms with E-state index in [9.17, 15) is 22.8 Å². The van der Waals surface area contributed by atoms with Crippen LogP contribution in [0.4, 0.5) is 13.2 Å². The summed E-state index contributed by atoms with van der Waals surface area (Å²) in [5.41, 5.74) is -0.211. The van der Waals surface area contributed by atoms with Gasteiger partial charge in [-0.15, -0.1) is 0 Å². The maximum absolute atomic E-state index is 12.1. The van der Waals surface area contributed by atoms with Gasteiger partial charge < -0.3 is 4.74 Å². The van der Waals surface area contributed by atoms with Gasteiger partial charge in [-0.3, -0.25) is 4.79 Å². The molecular weight excluding hydrogens is 273 g/mol. The van der Waals surface area contributed by atoms with Gasteiger partial charge in [0.15, 0.2) is 0 Å². The van der Waals surface area contributed by atoms with Crippen molar-refractivity contribution in [1.82, 2.24) is 0 Å². The second-order valence-corrected chi connectivity index (χ2v) is 6.85. The Morgan fingerprint density at radius 2 is 1.45 bits per heavy atom. The predicted octanol–water partition coefficient (Wildman–Crippen LogP) is 3.23. The first-order chi connectivity index (χ1) is 9.26. The molecule has 4 fully saturated rings. The van der Waals surface area contributed by atoms with Crippen molar-refractivity contribution < 1.29 is 27.5 Å². The Labute approximate surface area is 114 Å². The average Bonchev–Trinajstić information content (AvgIpc) is 2.23. The maximum Gasteiger partial charge on any atom is 0.491 e. The molecule has 0 amide bonds. The minimum Gasteiger partial charge on any atom is -0.386 e. The number of carbonyl (C=O) groups excluding carboxylic acids is 2. The Morgan fingerprint density at radius 1 is 1.00 bits per heavy atom. The second kappa shape index (κ2) is 4.46. The number of hydrogen-bond donors (Lipinski definition) is 0. The molecule has 0 radical (unpaired) electrons. The summed E-state index contributed by atoms with van der Waals surface area (Å²) in [6, 6.07) is 0. The topological polar surface area (TPSA) is 43.4 Å². The molecule has 0 heterocycles. The SMILES string of the molecule is O=C(CC12CC3CC(CC(C3)C1)C2)OC(=O)C(F)(F)F. The van der Waals surface area contributed by atoms with E-state index in [1.807, 2.05) is 0 Å². The summed E-state index contributed by atoms with van der Waals surface area (Å²) in [5.74, 6) is -1.60. The van der Waals surface area contributed by atoms with Gasteiger partial charge in [-0.25, -0.2) is 4.79 Å². The summed E-state index contributed by atoms with van der Waals surface area (Å²) in [6.07, 6.45) is 1.12. The molecule has 0 spiro atoms. The number of carbonyl (C=O) groups is 2. The fourth-order valence-electron chi connectivity index (χ4n) is 5.01. The molecule has 4 saturated carbocycles. The molecule has 0 saturated heterocycles. The highest BCUT2D eigenvalue weighted by atomic mass is 19.4. The molecule has 20 heavy (non-hydrogen) atoms. The lowest BCUT2D eigenvalue weighted by molar-refractivity contribution is -0.203.